The van der Waals surface area contributed by atoms with Gasteiger partial charge in [0.15, 0.2) is 0 Å². The molecule has 0 spiro atoms. The zero-order valence-electron chi connectivity index (χ0n) is 7.91. The van der Waals surface area contributed by atoms with E-state index >= 15 is 0 Å². The topological polar surface area (TPSA) is 23.8 Å². The van der Waals surface area contributed by atoms with Crippen LogP contribution < -0.4 is 5.30 Å². The summed E-state index contributed by atoms with van der Waals surface area (Å²) in [6.45, 7) is 2.17. The summed E-state index contributed by atoms with van der Waals surface area (Å²) >= 11 is 0. The minimum absolute atomic E-state index is 0.726. The molecule has 0 aliphatic heterocycles. The maximum atomic E-state index is 8.75. The number of hydrogen-bond acceptors (Lipinski definition) is 1. The monoisotopic (exact) mass is 199 g/mol. The molecule has 0 bridgehead atoms. The fourth-order valence-corrected chi connectivity index (χ4v) is 2.02. The van der Waals surface area contributed by atoms with E-state index < -0.39 is 0 Å². The highest BCUT2D eigenvalue weighted by molar-refractivity contribution is 7.46. The fourth-order valence-electron chi connectivity index (χ4n) is 1.47. The van der Waals surface area contributed by atoms with Crippen molar-refractivity contribution in [1.82, 2.24) is 0 Å². The Morgan fingerprint density at radius 1 is 1.07 bits per heavy atom. The van der Waals surface area contributed by atoms with E-state index in [-0.39, 0.29) is 0 Å². The molecule has 0 heterocycles. The molecular weight excluding hydrogens is 189 g/mol. The summed E-state index contributed by atoms with van der Waals surface area (Å²) in [6.07, 6.45) is 0. The van der Waals surface area contributed by atoms with Crippen LogP contribution in [-0.2, 0) is 0 Å². The van der Waals surface area contributed by atoms with Gasteiger partial charge in [-0.15, -0.1) is 0 Å². The summed E-state index contributed by atoms with van der Waals surface area (Å²) in [4.78, 5) is 0. The van der Waals surface area contributed by atoms with Gasteiger partial charge in [0, 0.05) is 0 Å². The molecular formula is C12H10NP. The van der Waals surface area contributed by atoms with E-state index in [4.69, 9.17) is 5.26 Å². The Morgan fingerprint density at radius 2 is 1.79 bits per heavy atom. The van der Waals surface area contributed by atoms with Crippen LogP contribution in [0.4, 0.5) is 0 Å². The zero-order valence-corrected chi connectivity index (χ0v) is 8.91. The van der Waals surface area contributed by atoms with Gasteiger partial charge in [0.1, 0.15) is 0 Å². The molecule has 2 heteroatoms. The number of fused-ring (bicyclic) bond motifs is 1. The first-order chi connectivity index (χ1) is 6.83. The number of nitrogens with zero attached hydrogens (tertiary/aromatic N) is 1. The van der Waals surface area contributed by atoms with E-state index in [0.717, 1.165) is 19.5 Å². The van der Waals surface area contributed by atoms with Crippen molar-refractivity contribution in [2.75, 3.05) is 6.66 Å². The lowest BCUT2D eigenvalue weighted by molar-refractivity contribution is 1.50. The summed E-state index contributed by atoms with van der Waals surface area (Å²) in [6, 6.07) is 14.4. The van der Waals surface area contributed by atoms with E-state index in [1.807, 2.05) is 18.2 Å². The van der Waals surface area contributed by atoms with Gasteiger partial charge in [-0.2, -0.15) is 5.26 Å². The van der Waals surface area contributed by atoms with Crippen molar-refractivity contribution in [1.29, 1.82) is 5.26 Å². The quantitative estimate of drug-likeness (QED) is 0.648. The molecule has 0 amide bonds. The molecule has 68 valence electrons. The average molecular weight is 199 g/mol. The maximum Gasteiger partial charge on any atom is 0.0991 e. The summed E-state index contributed by atoms with van der Waals surface area (Å²) < 4.78 is 0. The molecule has 1 unspecified atom stereocenters. The minimum atomic E-state index is 0.726. The van der Waals surface area contributed by atoms with Gasteiger partial charge in [-0.25, -0.2) is 0 Å². The molecule has 1 nitrogen and oxygen atoms in total. The molecule has 2 aromatic rings. The fraction of sp³-hybridized carbons (Fsp3) is 0.0833. The molecule has 0 fully saturated rings. The van der Waals surface area contributed by atoms with Crippen molar-refractivity contribution in [2.45, 2.75) is 0 Å². The summed E-state index contributed by atoms with van der Waals surface area (Å²) in [5.74, 6) is 0. The summed E-state index contributed by atoms with van der Waals surface area (Å²) in [5, 5.41) is 12.5. The third-order valence-corrected chi connectivity index (χ3v) is 3.15. The van der Waals surface area contributed by atoms with Gasteiger partial charge in [-0.1, -0.05) is 26.8 Å². The van der Waals surface area contributed by atoms with Crippen LogP contribution >= 0.6 is 8.58 Å². The molecule has 0 radical (unpaired) electrons. The van der Waals surface area contributed by atoms with E-state index in [1.165, 1.54) is 10.7 Å². The second-order valence-corrected chi connectivity index (χ2v) is 4.22. The standard InChI is InChI=1S/C12H10NP/c1-14-12-5-4-10-6-9(8-13)2-3-11(10)7-12/h2-7,14H,1H3. The molecule has 0 saturated carbocycles. The number of benzene rings is 2. The van der Waals surface area contributed by atoms with Gasteiger partial charge in [0.2, 0.25) is 0 Å². The molecule has 0 N–H and O–H groups in total. The smallest absolute Gasteiger partial charge is 0.0991 e. The number of hydrogen-bond donors (Lipinski definition) is 0. The van der Waals surface area contributed by atoms with Gasteiger partial charge in [-0.05, 0) is 40.9 Å². The van der Waals surface area contributed by atoms with Crippen LogP contribution in [0.5, 0.6) is 0 Å². The first kappa shape index (κ1) is 9.19. The van der Waals surface area contributed by atoms with Crippen LogP contribution in [0.15, 0.2) is 36.4 Å². The summed E-state index contributed by atoms with van der Waals surface area (Å²) in [7, 11) is 0.826. The van der Waals surface area contributed by atoms with Crippen molar-refractivity contribution >= 4 is 24.7 Å². The highest BCUT2D eigenvalue weighted by Crippen LogP contribution is 2.16. The Bertz CT molecular complexity index is 511. The van der Waals surface area contributed by atoms with Crippen LogP contribution in [0.1, 0.15) is 5.56 Å². The highest BCUT2D eigenvalue weighted by atomic mass is 31.1. The SMILES string of the molecule is CPc1ccc2cc(C#N)ccc2c1. The average Bonchev–Trinajstić information content (AvgIpc) is 2.27. The van der Waals surface area contributed by atoms with Gasteiger partial charge in [0.05, 0.1) is 11.6 Å². The molecule has 0 aromatic heterocycles. The van der Waals surface area contributed by atoms with E-state index in [0.29, 0.717) is 0 Å². The molecule has 2 rings (SSSR count). The lowest BCUT2D eigenvalue weighted by Crippen LogP contribution is -1.91. The van der Waals surface area contributed by atoms with Gasteiger partial charge < -0.3 is 0 Å². The van der Waals surface area contributed by atoms with Crippen LogP contribution in [0, 0.1) is 11.3 Å². The van der Waals surface area contributed by atoms with Crippen LogP contribution in [0.3, 0.4) is 0 Å². The van der Waals surface area contributed by atoms with Gasteiger partial charge in [0.25, 0.3) is 0 Å². The predicted octanol–water partition coefficient (Wildman–Crippen LogP) is 2.65. The molecule has 14 heavy (non-hydrogen) atoms. The number of rotatable bonds is 1. The second kappa shape index (κ2) is 3.78. The predicted molar refractivity (Wildman–Crippen MR) is 62.5 cm³/mol. The van der Waals surface area contributed by atoms with Crippen LogP contribution in [-0.4, -0.2) is 6.66 Å². The largest absolute Gasteiger partial charge is 0.192 e. The Hall–Kier alpha value is -1.38. The zero-order chi connectivity index (χ0) is 9.97. The van der Waals surface area contributed by atoms with Crippen molar-refractivity contribution in [2.24, 2.45) is 0 Å². The third kappa shape index (κ3) is 1.62. The lowest BCUT2D eigenvalue weighted by Gasteiger charge is -2.01. The first-order valence-corrected chi connectivity index (χ1v) is 5.95. The highest BCUT2D eigenvalue weighted by Gasteiger charge is 1.96. The second-order valence-electron chi connectivity index (χ2n) is 3.14. The molecule has 0 aliphatic rings. The molecule has 1 atom stereocenters. The maximum absolute atomic E-state index is 8.75. The van der Waals surface area contributed by atoms with E-state index in [9.17, 15) is 0 Å². The van der Waals surface area contributed by atoms with E-state index in [2.05, 4.69) is 30.9 Å². The Labute approximate surface area is 85.2 Å². The van der Waals surface area contributed by atoms with Gasteiger partial charge >= 0.3 is 0 Å². The Balaban J connectivity index is 2.64. The first-order valence-electron chi connectivity index (χ1n) is 4.45. The molecule has 2 aromatic carbocycles. The van der Waals surface area contributed by atoms with Crippen molar-refractivity contribution < 1.29 is 0 Å². The van der Waals surface area contributed by atoms with Crippen molar-refractivity contribution in [3.8, 4) is 6.07 Å². The Kier molecular flexibility index (Phi) is 2.48. The lowest BCUT2D eigenvalue weighted by atomic mass is 10.1. The normalized spacial score (nSPS) is 10.9. The number of nitriles is 1. The summed E-state index contributed by atoms with van der Waals surface area (Å²) in [5.41, 5.74) is 0.726. The van der Waals surface area contributed by atoms with Crippen molar-refractivity contribution in [3.05, 3.63) is 42.0 Å². The van der Waals surface area contributed by atoms with Gasteiger partial charge in [-0.3, -0.25) is 0 Å². The third-order valence-electron chi connectivity index (χ3n) is 2.26. The van der Waals surface area contributed by atoms with Crippen LogP contribution in [0.2, 0.25) is 0 Å². The minimum Gasteiger partial charge on any atom is -0.192 e. The van der Waals surface area contributed by atoms with E-state index in [1.54, 1.807) is 0 Å². The molecule has 0 aliphatic carbocycles. The Morgan fingerprint density at radius 3 is 2.50 bits per heavy atom. The van der Waals surface area contributed by atoms with Crippen LogP contribution in [0.25, 0.3) is 10.8 Å². The van der Waals surface area contributed by atoms with Crippen molar-refractivity contribution in [3.63, 3.8) is 0 Å². The molecule has 0 saturated heterocycles.